The molecule has 0 N–H and O–H groups in total. The second-order valence-corrected chi connectivity index (χ2v) is 5.50. The molecular formula is C18H18ClNO. The zero-order chi connectivity index (χ0) is 15.2. The van der Waals surface area contributed by atoms with Gasteiger partial charge in [0.15, 0.2) is 0 Å². The fourth-order valence-electron chi connectivity index (χ4n) is 1.96. The summed E-state index contributed by atoms with van der Waals surface area (Å²) in [4.78, 5) is 13.7. The van der Waals surface area contributed by atoms with Crippen molar-refractivity contribution in [2.75, 3.05) is 7.05 Å². The van der Waals surface area contributed by atoms with Gasteiger partial charge in [-0.25, -0.2) is 0 Å². The molecule has 0 saturated heterocycles. The highest BCUT2D eigenvalue weighted by Crippen LogP contribution is 2.12. The standard InChI is InChI=1S/C18H18ClNO/c1-14-6-8-15(9-7-14)10-11-18(21)20(2)13-16-4-3-5-17(19)12-16/h3-12H,13H2,1-2H3/b11-10+. The molecule has 0 aliphatic rings. The van der Waals surface area contributed by atoms with Gasteiger partial charge in [-0.3, -0.25) is 4.79 Å². The first-order valence-corrected chi connectivity index (χ1v) is 7.17. The molecule has 0 spiro atoms. The Hall–Kier alpha value is -2.06. The average Bonchev–Trinajstić information content (AvgIpc) is 2.46. The van der Waals surface area contributed by atoms with Crippen molar-refractivity contribution in [3.05, 3.63) is 76.3 Å². The molecule has 2 aromatic carbocycles. The van der Waals surface area contributed by atoms with Gasteiger partial charge in [0.1, 0.15) is 0 Å². The van der Waals surface area contributed by atoms with E-state index in [-0.39, 0.29) is 5.91 Å². The summed E-state index contributed by atoms with van der Waals surface area (Å²) in [5.74, 6) is -0.0319. The van der Waals surface area contributed by atoms with Crippen LogP contribution < -0.4 is 0 Å². The van der Waals surface area contributed by atoms with Crippen LogP contribution in [0.4, 0.5) is 0 Å². The van der Waals surface area contributed by atoms with Crippen molar-refractivity contribution in [2.24, 2.45) is 0 Å². The number of carbonyl (C=O) groups is 1. The maximum absolute atomic E-state index is 12.1. The summed E-state index contributed by atoms with van der Waals surface area (Å²) in [5, 5.41) is 0.684. The van der Waals surface area contributed by atoms with E-state index < -0.39 is 0 Å². The predicted octanol–water partition coefficient (Wildman–Crippen LogP) is 4.32. The third kappa shape index (κ3) is 4.76. The minimum Gasteiger partial charge on any atom is -0.338 e. The lowest BCUT2D eigenvalue weighted by Crippen LogP contribution is -2.24. The first-order valence-electron chi connectivity index (χ1n) is 6.79. The van der Waals surface area contributed by atoms with Crippen LogP contribution in [0.25, 0.3) is 6.08 Å². The molecule has 3 heteroatoms. The number of hydrogen-bond acceptors (Lipinski definition) is 1. The maximum Gasteiger partial charge on any atom is 0.246 e. The molecule has 0 atom stereocenters. The molecule has 0 radical (unpaired) electrons. The smallest absolute Gasteiger partial charge is 0.246 e. The van der Waals surface area contributed by atoms with Crippen molar-refractivity contribution < 1.29 is 4.79 Å². The molecule has 2 aromatic rings. The Morgan fingerprint density at radius 3 is 2.57 bits per heavy atom. The SMILES string of the molecule is Cc1ccc(/C=C/C(=O)N(C)Cc2cccc(Cl)c2)cc1. The highest BCUT2D eigenvalue weighted by Gasteiger charge is 2.05. The molecule has 108 valence electrons. The minimum absolute atomic E-state index is 0.0319. The Kier molecular flexibility index (Phi) is 5.18. The maximum atomic E-state index is 12.1. The Labute approximate surface area is 130 Å². The van der Waals surface area contributed by atoms with Gasteiger partial charge < -0.3 is 4.90 Å². The molecule has 2 nitrogen and oxygen atoms in total. The molecule has 2 rings (SSSR count). The highest BCUT2D eigenvalue weighted by molar-refractivity contribution is 6.30. The summed E-state index contributed by atoms with van der Waals surface area (Å²) in [6, 6.07) is 15.6. The Bertz CT molecular complexity index is 647. The van der Waals surface area contributed by atoms with Crippen LogP contribution in [0.2, 0.25) is 5.02 Å². The number of rotatable bonds is 4. The summed E-state index contributed by atoms with van der Waals surface area (Å²) in [6.45, 7) is 2.58. The van der Waals surface area contributed by atoms with E-state index in [1.165, 1.54) is 5.56 Å². The van der Waals surface area contributed by atoms with E-state index in [4.69, 9.17) is 11.6 Å². The second-order valence-electron chi connectivity index (χ2n) is 5.07. The van der Waals surface area contributed by atoms with E-state index in [0.717, 1.165) is 11.1 Å². The first-order chi connectivity index (χ1) is 10.0. The summed E-state index contributed by atoms with van der Waals surface area (Å²) in [5.41, 5.74) is 3.24. The fraction of sp³-hybridized carbons (Fsp3) is 0.167. The van der Waals surface area contributed by atoms with E-state index in [1.54, 1.807) is 18.0 Å². The van der Waals surface area contributed by atoms with Gasteiger partial charge in [0.2, 0.25) is 5.91 Å². The van der Waals surface area contributed by atoms with Crippen LogP contribution in [0.15, 0.2) is 54.6 Å². The Morgan fingerprint density at radius 2 is 1.90 bits per heavy atom. The number of hydrogen-bond donors (Lipinski definition) is 0. The van der Waals surface area contributed by atoms with Crippen molar-refractivity contribution in [3.63, 3.8) is 0 Å². The van der Waals surface area contributed by atoms with Crippen molar-refractivity contribution in [1.82, 2.24) is 4.90 Å². The van der Waals surface area contributed by atoms with Gasteiger partial charge in [0.05, 0.1) is 0 Å². The van der Waals surface area contributed by atoms with E-state index in [9.17, 15) is 4.79 Å². The van der Waals surface area contributed by atoms with E-state index in [2.05, 4.69) is 0 Å². The van der Waals surface area contributed by atoms with Gasteiger partial charge >= 0.3 is 0 Å². The molecule has 0 aromatic heterocycles. The van der Waals surface area contributed by atoms with Gasteiger partial charge in [-0.05, 0) is 36.3 Å². The number of nitrogens with zero attached hydrogens (tertiary/aromatic N) is 1. The van der Waals surface area contributed by atoms with Crippen molar-refractivity contribution in [3.8, 4) is 0 Å². The summed E-state index contributed by atoms with van der Waals surface area (Å²) in [7, 11) is 1.78. The second kappa shape index (κ2) is 7.09. The lowest BCUT2D eigenvalue weighted by atomic mass is 10.1. The number of halogens is 1. The van der Waals surface area contributed by atoms with Crippen LogP contribution in [0.3, 0.4) is 0 Å². The van der Waals surface area contributed by atoms with Crippen LogP contribution in [-0.4, -0.2) is 17.9 Å². The van der Waals surface area contributed by atoms with Crippen molar-refractivity contribution in [2.45, 2.75) is 13.5 Å². The number of benzene rings is 2. The fourth-order valence-corrected chi connectivity index (χ4v) is 2.17. The summed E-state index contributed by atoms with van der Waals surface area (Å²) < 4.78 is 0. The Morgan fingerprint density at radius 1 is 1.19 bits per heavy atom. The first kappa shape index (κ1) is 15.3. The van der Waals surface area contributed by atoms with Crippen LogP contribution in [0, 0.1) is 6.92 Å². The normalized spacial score (nSPS) is 10.8. The number of carbonyl (C=O) groups excluding carboxylic acids is 1. The average molecular weight is 300 g/mol. The topological polar surface area (TPSA) is 20.3 Å². The van der Waals surface area contributed by atoms with Crippen LogP contribution in [-0.2, 0) is 11.3 Å². The van der Waals surface area contributed by atoms with E-state index in [1.807, 2.05) is 61.5 Å². The molecule has 21 heavy (non-hydrogen) atoms. The molecule has 1 amide bonds. The molecule has 0 aliphatic heterocycles. The van der Waals surface area contributed by atoms with E-state index in [0.29, 0.717) is 11.6 Å². The monoisotopic (exact) mass is 299 g/mol. The molecule has 0 aliphatic carbocycles. The molecule has 0 unspecified atom stereocenters. The predicted molar refractivity (Wildman–Crippen MR) is 88.1 cm³/mol. The Balaban J connectivity index is 1.97. The molecule has 0 heterocycles. The van der Waals surface area contributed by atoms with Gasteiger partial charge in [-0.15, -0.1) is 0 Å². The number of amides is 1. The lowest BCUT2D eigenvalue weighted by molar-refractivity contribution is -0.125. The molecule has 0 bridgehead atoms. The van der Waals surface area contributed by atoms with Crippen molar-refractivity contribution in [1.29, 1.82) is 0 Å². The van der Waals surface area contributed by atoms with Gasteiger partial charge in [-0.1, -0.05) is 53.6 Å². The van der Waals surface area contributed by atoms with Crippen LogP contribution in [0.5, 0.6) is 0 Å². The largest absolute Gasteiger partial charge is 0.338 e. The van der Waals surface area contributed by atoms with E-state index >= 15 is 0 Å². The number of likely N-dealkylation sites (N-methyl/N-ethyl adjacent to an activating group) is 1. The third-order valence-electron chi connectivity index (χ3n) is 3.18. The van der Waals surface area contributed by atoms with Gasteiger partial charge in [0.25, 0.3) is 0 Å². The third-order valence-corrected chi connectivity index (χ3v) is 3.42. The number of aryl methyl sites for hydroxylation is 1. The quantitative estimate of drug-likeness (QED) is 0.770. The molecule has 0 fully saturated rings. The van der Waals surface area contributed by atoms with Gasteiger partial charge in [0, 0.05) is 24.7 Å². The zero-order valence-corrected chi connectivity index (χ0v) is 13.0. The van der Waals surface area contributed by atoms with Crippen LogP contribution >= 0.6 is 11.6 Å². The lowest BCUT2D eigenvalue weighted by Gasteiger charge is -2.15. The minimum atomic E-state index is -0.0319. The van der Waals surface area contributed by atoms with Gasteiger partial charge in [-0.2, -0.15) is 0 Å². The summed E-state index contributed by atoms with van der Waals surface area (Å²) in [6.07, 6.45) is 3.42. The highest BCUT2D eigenvalue weighted by atomic mass is 35.5. The summed E-state index contributed by atoms with van der Waals surface area (Å²) >= 11 is 5.94. The zero-order valence-electron chi connectivity index (χ0n) is 12.2. The van der Waals surface area contributed by atoms with Crippen LogP contribution in [0.1, 0.15) is 16.7 Å². The molecular weight excluding hydrogens is 282 g/mol. The van der Waals surface area contributed by atoms with Crippen molar-refractivity contribution >= 4 is 23.6 Å². The molecule has 0 saturated carbocycles.